The quantitative estimate of drug-likeness (QED) is 0.437. The number of carbonyl (C=O) groups excluding carboxylic acids is 1. The predicted molar refractivity (Wildman–Crippen MR) is 109 cm³/mol. The van der Waals surface area contributed by atoms with Crippen molar-refractivity contribution in [3.05, 3.63) is 22.5 Å². The lowest BCUT2D eigenvalue weighted by molar-refractivity contribution is -0.0661. The fraction of sp³-hybridized carbons (Fsp3) is 0.773. The third-order valence-corrected chi connectivity index (χ3v) is 4.92. The first kappa shape index (κ1) is 22.9. The molecule has 0 fully saturated rings. The number of hydrogen-bond donors (Lipinski definition) is 0. The second-order valence-electron chi connectivity index (χ2n) is 8.26. The van der Waals surface area contributed by atoms with E-state index in [1.807, 2.05) is 25.3 Å². The molecular weight excluding hydrogens is 358 g/mol. The van der Waals surface area contributed by atoms with Crippen LogP contribution in [-0.4, -0.2) is 50.0 Å². The van der Waals surface area contributed by atoms with Crippen LogP contribution in [-0.2, 0) is 44.6 Å². The zero-order valence-electron chi connectivity index (χ0n) is 18.3. The molecule has 1 aliphatic carbocycles. The van der Waals surface area contributed by atoms with Gasteiger partial charge in [-0.2, -0.15) is 0 Å². The number of hydrogen-bond acceptors (Lipinski definition) is 5. The standard InChI is InChI=1S/C22H37NO5/c1-6-17-18-10-7-8-11-20(18)23(21(24)28-22(2,3)4)19(17)12-9-13-26-16-27-15-14-25-5/h6-16H2,1-5H3. The Morgan fingerprint density at radius 3 is 2.46 bits per heavy atom. The van der Waals surface area contributed by atoms with E-state index >= 15 is 0 Å². The number of methoxy groups -OCH3 is 1. The molecule has 0 radical (unpaired) electrons. The number of ether oxygens (including phenoxy) is 4. The molecule has 160 valence electrons. The molecular formula is C22H37NO5. The molecule has 1 aromatic rings. The minimum atomic E-state index is -0.505. The van der Waals surface area contributed by atoms with Gasteiger partial charge in [0.2, 0.25) is 0 Å². The van der Waals surface area contributed by atoms with Crippen molar-refractivity contribution >= 4 is 6.09 Å². The molecule has 0 saturated carbocycles. The van der Waals surface area contributed by atoms with Crippen LogP contribution in [0.25, 0.3) is 0 Å². The van der Waals surface area contributed by atoms with E-state index in [2.05, 4.69) is 6.92 Å². The highest BCUT2D eigenvalue weighted by atomic mass is 16.7. The summed E-state index contributed by atoms with van der Waals surface area (Å²) in [5, 5.41) is 0. The number of aromatic nitrogens is 1. The van der Waals surface area contributed by atoms with Crippen molar-refractivity contribution in [2.45, 2.75) is 78.2 Å². The lowest BCUT2D eigenvalue weighted by Gasteiger charge is -2.22. The van der Waals surface area contributed by atoms with E-state index in [1.165, 1.54) is 17.5 Å². The molecule has 6 nitrogen and oxygen atoms in total. The summed E-state index contributed by atoms with van der Waals surface area (Å²) in [6, 6.07) is 0. The van der Waals surface area contributed by atoms with Crippen LogP contribution in [0, 0.1) is 0 Å². The smallest absolute Gasteiger partial charge is 0.418 e. The first-order chi connectivity index (χ1) is 13.4. The highest BCUT2D eigenvalue weighted by Crippen LogP contribution is 2.32. The summed E-state index contributed by atoms with van der Waals surface area (Å²) in [7, 11) is 1.65. The lowest BCUT2D eigenvalue weighted by Crippen LogP contribution is -2.29. The Balaban J connectivity index is 2.08. The summed E-state index contributed by atoms with van der Waals surface area (Å²) in [5.41, 5.74) is 4.47. The Hall–Kier alpha value is -1.37. The molecule has 0 N–H and O–H groups in total. The van der Waals surface area contributed by atoms with Crippen LogP contribution in [0.2, 0.25) is 0 Å². The molecule has 0 aromatic carbocycles. The molecule has 28 heavy (non-hydrogen) atoms. The van der Waals surface area contributed by atoms with Gasteiger partial charge >= 0.3 is 6.09 Å². The highest BCUT2D eigenvalue weighted by molar-refractivity contribution is 5.75. The first-order valence-corrected chi connectivity index (χ1v) is 10.5. The summed E-state index contributed by atoms with van der Waals surface area (Å²) >= 11 is 0. The summed E-state index contributed by atoms with van der Waals surface area (Å²) < 4.78 is 23.4. The van der Waals surface area contributed by atoms with Gasteiger partial charge in [0, 0.05) is 25.1 Å². The molecule has 0 amide bonds. The van der Waals surface area contributed by atoms with Gasteiger partial charge < -0.3 is 18.9 Å². The lowest BCUT2D eigenvalue weighted by atomic mass is 9.93. The van der Waals surface area contributed by atoms with Crippen molar-refractivity contribution in [3.8, 4) is 0 Å². The Morgan fingerprint density at radius 1 is 1.07 bits per heavy atom. The van der Waals surface area contributed by atoms with Crippen molar-refractivity contribution in [1.29, 1.82) is 0 Å². The largest absolute Gasteiger partial charge is 0.443 e. The number of carbonyl (C=O) groups is 1. The van der Waals surface area contributed by atoms with Crippen LogP contribution in [0.5, 0.6) is 0 Å². The van der Waals surface area contributed by atoms with Gasteiger partial charge in [0.05, 0.1) is 13.2 Å². The summed E-state index contributed by atoms with van der Waals surface area (Å²) in [4.78, 5) is 13.0. The molecule has 0 spiro atoms. The Bertz CT molecular complexity index is 630. The molecule has 2 rings (SSSR count). The zero-order chi connectivity index (χ0) is 20.6. The summed E-state index contributed by atoms with van der Waals surface area (Å²) in [5.74, 6) is 0. The molecule has 0 saturated heterocycles. The third-order valence-electron chi connectivity index (χ3n) is 4.92. The third kappa shape index (κ3) is 6.33. The fourth-order valence-electron chi connectivity index (χ4n) is 3.80. The highest BCUT2D eigenvalue weighted by Gasteiger charge is 2.29. The van der Waals surface area contributed by atoms with E-state index in [4.69, 9.17) is 18.9 Å². The van der Waals surface area contributed by atoms with E-state index in [9.17, 15) is 4.79 Å². The fourth-order valence-corrected chi connectivity index (χ4v) is 3.80. The van der Waals surface area contributed by atoms with E-state index in [1.54, 1.807) is 7.11 Å². The molecule has 1 aromatic heterocycles. The molecule has 6 heteroatoms. The van der Waals surface area contributed by atoms with Crippen molar-refractivity contribution in [1.82, 2.24) is 4.57 Å². The van der Waals surface area contributed by atoms with Crippen LogP contribution < -0.4 is 0 Å². The molecule has 1 heterocycles. The summed E-state index contributed by atoms with van der Waals surface area (Å²) in [6.45, 7) is 9.89. The zero-order valence-corrected chi connectivity index (χ0v) is 18.3. The molecule has 0 bridgehead atoms. The van der Waals surface area contributed by atoms with Gasteiger partial charge in [-0.15, -0.1) is 0 Å². The molecule has 0 atom stereocenters. The monoisotopic (exact) mass is 395 g/mol. The van der Waals surface area contributed by atoms with E-state index in [-0.39, 0.29) is 12.9 Å². The topological polar surface area (TPSA) is 58.9 Å². The maximum Gasteiger partial charge on any atom is 0.418 e. The van der Waals surface area contributed by atoms with Gasteiger partial charge in [0.25, 0.3) is 0 Å². The maximum absolute atomic E-state index is 13.0. The second-order valence-corrected chi connectivity index (χ2v) is 8.26. The van der Waals surface area contributed by atoms with Crippen LogP contribution in [0.3, 0.4) is 0 Å². The van der Waals surface area contributed by atoms with Crippen LogP contribution in [0.4, 0.5) is 4.79 Å². The number of nitrogens with zero attached hydrogens (tertiary/aromatic N) is 1. The first-order valence-electron chi connectivity index (χ1n) is 10.5. The average molecular weight is 396 g/mol. The normalized spacial score (nSPS) is 14.2. The molecule has 0 aliphatic heterocycles. The van der Waals surface area contributed by atoms with Crippen molar-refractivity contribution in [3.63, 3.8) is 0 Å². The Morgan fingerprint density at radius 2 is 1.79 bits per heavy atom. The van der Waals surface area contributed by atoms with Gasteiger partial charge in [-0.05, 0) is 76.8 Å². The van der Waals surface area contributed by atoms with Crippen molar-refractivity contribution in [2.24, 2.45) is 0 Å². The van der Waals surface area contributed by atoms with Gasteiger partial charge in [0.15, 0.2) is 0 Å². The SMILES string of the molecule is CCc1c2c(n(C(=O)OC(C)(C)C)c1CCCOCOCCOC)CCCC2. The van der Waals surface area contributed by atoms with Gasteiger partial charge in [0.1, 0.15) is 12.4 Å². The van der Waals surface area contributed by atoms with E-state index < -0.39 is 5.60 Å². The predicted octanol–water partition coefficient (Wildman–Crippen LogP) is 4.28. The van der Waals surface area contributed by atoms with Crippen LogP contribution in [0.15, 0.2) is 0 Å². The minimum absolute atomic E-state index is 0.246. The Labute approximate surface area is 169 Å². The second kappa shape index (κ2) is 11.0. The van der Waals surface area contributed by atoms with E-state index in [0.717, 1.165) is 49.9 Å². The Kier molecular flexibility index (Phi) is 8.99. The number of fused-ring (bicyclic) bond motifs is 1. The van der Waals surface area contributed by atoms with Crippen molar-refractivity contribution in [2.75, 3.05) is 33.7 Å². The minimum Gasteiger partial charge on any atom is -0.443 e. The summed E-state index contributed by atoms with van der Waals surface area (Å²) in [6.07, 6.45) is 6.67. The number of rotatable bonds is 10. The van der Waals surface area contributed by atoms with E-state index in [0.29, 0.717) is 19.8 Å². The maximum atomic E-state index is 13.0. The van der Waals surface area contributed by atoms with Gasteiger partial charge in [-0.3, -0.25) is 4.57 Å². The van der Waals surface area contributed by atoms with Crippen molar-refractivity contribution < 1.29 is 23.7 Å². The molecule has 1 aliphatic rings. The molecule has 0 unspecified atom stereocenters. The van der Waals surface area contributed by atoms with Gasteiger partial charge in [-0.25, -0.2) is 4.79 Å². The van der Waals surface area contributed by atoms with Gasteiger partial charge in [-0.1, -0.05) is 6.92 Å². The van der Waals surface area contributed by atoms with Crippen LogP contribution >= 0.6 is 0 Å². The average Bonchev–Trinajstić information content (AvgIpc) is 2.95. The van der Waals surface area contributed by atoms with Crippen LogP contribution in [0.1, 0.15) is 69.5 Å².